The minimum atomic E-state index is -0.276. The molecule has 32 heavy (non-hydrogen) atoms. The summed E-state index contributed by atoms with van der Waals surface area (Å²) in [5.41, 5.74) is 5.73. The summed E-state index contributed by atoms with van der Waals surface area (Å²) in [5, 5.41) is 2.90. The highest BCUT2D eigenvalue weighted by molar-refractivity contribution is 6.04. The minimum Gasteiger partial charge on any atom is -0.447 e. The van der Waals surface area contributed by atoms with Crippen LogP contribution in [-0.4, -0.2) is 36.7 Å². The van der Waals surface area contributed by atoms with E-state index >= 15 is 0 Å². The van der Waals surface area contributed by atoms with Crippen LogP contribution in [0.1, 0.15) is 27.0 Å². The van der Waals surface area contributed by atoms with E-state index in [1.54, 1.807) is 17.2 Å². The van der Waals surface area contributed by atoms with Gasteiger partial charge in [0.05, 0.1) is 17.8 Å². The average molecular weight is 428 g/mol. The number of hydrogen-bond acceptors (Lipinski definition) is 5. The van der Waals surface area contributed by atoms with Crippen LogP contribution in [0.25, 0.3) is 0 Å². The van der Waals surface area contributed by atoms with Crippen LogP contribution in [0.2, 0.25) is 0 Å². The van der Waals surface area contributed by atoms with Gasteiger partial charge in [-0.3, -0.25) is 9.69 Å². The lowest BCUT2D eigenvalue weighted by Crippen LogP contribution is -2.33. The van der Waals surface area contributed by atoms with Crippen LogP contribution in [0.5, 0.6) is 0 Å². The van der Waals surface area contributed by atoms with Gasteiger partial charge >= 0.3 is 6.09 Å². The number of fused-ring (bicyclic) bond motifs is 1. The van der Waals surface area contributed by atoms with Crippen LogP contribution in [0.4, 0.5) is 22.0 Å². The number of aromatic nitrogens is 1. The average Bonchev–Trinajstić information content (AvgIpc) is 3.25. The van der Waals surface area contributed by atoms with Gasteiger partial charge in [0.25, 0.3) is 5.91 Å². The molecule has 2 amide bonds. The lowest BCUT2D eigenvalue weighted by molar-refractivity contribution is 0.102. The first-order valence-electron chi connectivity index (χ1n) is 10.7. The number of carbonyl (C=O) groups excluding carboxylic acids is 2. The van der Waals surface area contributed by atoms with Crippen molar-refractivity contribution in [1.29, 1.82) is 0 Å². The molecule has 2 aliphatic rings. The Hall–Kier alpha value is -3.87. The maximum atomic E-state index is 12.5. The number of anilines is 3. The van der Waals surface area contributed by atoms with Gasteiger partial charge < -0.3 is 15.0 Å². The molecule has 1 N–H and O–H groups in total. The Bertz CT molecular complexity index is 1160. The molecule has 0 unspecified atom stereocenters. The standard InChI is InChI=1S/C25H24N4O3/c1-17-5-8-20(9-6-17)27-24(30)18-7-10-23(26-15-18)28-12-11-21-19(16-28)3-2-4-22(21)29-13-14-32-25(29)31/h2-10,15H,11-14,16H2,1H3,(H,27,30). The van der Waals surface area contributed by atoms with Crippen LogP contribution in [0.3, 0.4) is 0 Å². The summed E-state index contributed by atoms with van der Waals surface area (Å²) in [6.45, 7) is 4.52. The van der Waals surface area contributed by atoms with E-state index in [1.807, 2.05) is 49.4 Å². The zero-order chi connectivity index (χ0) is 22.1. The quantitative estimate of drug-likeness (QED) is 0.675. The van der Waals surface area contributed by atoms with Gasteiger partial charge in [-0.05, 0) is 54.8 Å². The van der Waals surface area contributed by atoms with Crippen LogP contribution in [0.15, 0.2) is 60.8 Å². The normalized spacial score (nSPS) is 15.3. The fraction of sp³-hybridized carbons (Fsp3) is 0.240. The summed E-state index contributed by atoms with van der Waals surface area (Å²) in [6.07, 6.45) is 2.15. The Morgan fingerprint density at radius 2 is 1.91 bits per heavy atom. The van der Waals surface area contributed by atoms with E-state index in [-0.39, 0.29) is 12.0 Å². The second-order valence-electron chi connectivity index (χ2n) is 8.08. The van der Waals surface area contributed by atoms with E-state index in [9.17, 15) is 9.59 Å². The van der Waals surface area contributed by atoms with Crippen molar-refractivity contribution in [1.82, 2.24) is 4.98 Å². The fourth-order valence-corrected chi connectivity index (χ4v) is 4.20. The molecule has 3 aromatic rings. The van der Waals surface area contributed by atoms with Gasteiger partial charge in [-0.1, -0.05) is 29.8 Å². The van der Waals surface area contributed by atoms with Crippen molar-refractivity contribution in [3.05, 3.63) is 83.0 Å². The highest BCUT2D eigenvalue weighted by Crippen LogP contribution is 2.32. The zero-order valence-electron chi connectivity index (χ0n) is 17.9. The molecule has 0 spiro atoms. The summed E-state index contributed by atoms with van der Waals surface area (Å²) in [5.74, 6) is 0.646. The maximum Gasteiger partial charge on any atom is 0.414 e. The Morgan fingerprint density at radius 1 is 1.06 bits per heavy atom. The third kappa shape index (κ3) is 3.89. The van der Waals surface area contributed by atoms with E-state index in [0.717, 1.165) is 35.7 Å². The third-order valence-electron chi connectivity index (χ3n) is 5.94. The summed E-state index contributed by atoms with van der Waals surface area (Å²) in [7, 11) is 0. The minimum absolute atomic E-state index is 0.181. The van der Waals surface area contributed by atoms with Crippen molar-refractivity contribution in [3.63, 3.8) is 0 Å². The number of carbonyl (C=O) groups is 2. The Morgan fingerprint density at radius 3 is 2.62 bits per heavy atom. The largest absolute Gasteiger partial charge is 0.447 e. The summed E-state index contributed by atoms with van der Waals surface area (Å²) >= 11 is 0. The summed E-state index contributed by atoms with van der Waals surface area (Å²) in [4.78, 5) is 33.0. The molecule has 7 heteroatoms. The monoisotopic (exact) mass is 428 g/mol. The number of amides is 2. The number of hydrogen-bond donors (Lipinski definition) is 1. The molecule has 1 saturated heterocycles. The Balaban J connectivity index is 1.29. The Labute approximate surface area is 186 Å². The molecule has 2 aromatic carbocycles. The molecule has 0 atom stereocenters. The van der Waals surface area contributed by atoms with E-state index < -0.39 is 0 Å². The molecule has 0 radical (unpaired) electrons. The zero-order valence-corrected chi connectivity index (χ0v) is 17.9. The fourth-order valence-electron chi connectivity index (χ4n) is 4.20. The number of ether oxygens (including phenoxy) is 1. The van der Waals surface area contributed by atoms with Crippen LogP contribution in [0, 0.1) is 6.92 Å². The molecule has 2 aliphatic heterocycles. The van der Waals surface area contributed by atoms with E-state index in [4.69, 9.17) is 4.74 Å². The van der Waals surface area contributed by atoms with Crippen molar-refractivity contribution >= 4 is 29.2 Å². The second kappa shape index (κ2) is 8.34. The molecular formula is C25H24N4O3. The van der Waals surface area contributed by atoms with Gasteiger partial charge in [0, 0.05) is 25.0 Å². The van der Waals surface area contributed by atoms with Crippen molar-refractivity contribution in [2.24, 2.45) is 0 Å². The van der Waals surface area contributed by atoms with Crippen molar-refractivity contribution in [2.45, 2.75) is 19.9 Å². The first-order chi connectivity index (χ1) is 15.6. The van der Waals surface area contributed by atoms with Crippen molar-refractivity contribution < 1.29 is 14.3 Å². The van der Waals surface area contributed by atoms with Crippen molar-refractivity contribution in [3.8, 4) is 0 Å². The SMILES string of the molecule is Cc1ccc(NC(=O)c2ccc(N3CCc4c(cccc4N4CCOC4=O)C3)nc2)cc1. The predicted molar refractivity (Wildman–Crippen MR) is 123 cm³/mol. The van der Waals surface area contributed by atoms with Crippen LogP contribution in [-0.2, 0) is 17.7 Å². The lowest BCUT2D eigenvalue weighted by Gasteiger charge is -2.32. The molecule has 0 aliphatic carbocycles. The molecule has 162 valence electrons. The topological polar surface area (TPSA) is 74.8 Å². The number of pyridine rings is 1. The van der Waals surface area contributed by atoms with E-state index in [2.05, 4.69) is 21.3 Å². The van der Waals surface area contributed by atoms with Gasteiger partial charge in [0.1, 0.15) is 12.4 Å². The van der Waals surface area contributed by atoms with Gasteiger partial charge in [-0.15, -0.1) is 0 Å². The first-order valence-corrected chi connectivity index (χ1v) is 10.7. The molecule has 3 heterocycles. The van der Waals surface area contributed by atoms with Crippen molar-refractivity contribution in [2.75, 3.05) is 34.8 Å². The summed E-state index contributed by atoms with van der Waals surface area (Å²) < 4.78 is 5.11. The number of nitrogens with one attached hydrogen (secondary N) is 1. The number of rotatable bonds is 4. The molecule has 1 fully saturated rings. The molecule has 7 nitrogen and oxygen atoms in total. The van der Waals surface area contributed by atoms with E-state index in [0.29, 0.717) is 25.3 Å². The molecule has 0 saturated carbocycles. The highest BCUT2D eigenvalue weighted by Gasteiger charge is 2.28. The van der Waals surface area contributed by atoms with E-state index in [1.165, 1.54) is 11.1 Å². The van der Waals surface area contributed by atoms with Gasteiger partial charge in [-0.2, -0.15) is 0 Å². The summed E-state index contributed by atoms with van der Waals surface area (Å²) in [6, 6.07) is 17.4. The molecule has 5 rings (SSSR count). The Kier molecular flexibility index (Phi) is 5.23. The maximum absolute atomic E-state index is 12.5. The molecule has 0 bridgehead atoms. The predicted octanol–water partition coefficient (Wildman–Crippen LogP) is 4.16. The number of benzene rings is 2. The number of cyclic esters (lactones) is 1. The van der Waals surface area contributed by atoms with Gasteiger partial charge in [0.15, 0.2) is 0 Å². The molecular weight excluding hydrogens is 404 g/mol. The second-order valence-corrected chi connectivity index (χ2v) is 8.08. The number of aryl methyl sites for hydroxylation is 1. The number of nitrogens with zero attached hydrogens (tertiary/aromatic N) is 3. The third-order valence-corrected chi connectivity index (χ3v) is 5.94. The smallest absolute Gasteiger partial charge is 0.414 e. The van der Waals surface area contributed by atoms with Crippen LogP contribution < -0.4 is 15.1 Å². The highest BCUT2D eigenvalue weighted by atomic mass is 16.6. The van der Waals surface area contributed by atoms with Crippen LogP contribution >= 0.6 is 0 Å². The lowest BCUT2D eigenvalue weighted by atomic mass is 9.97. The van der Waals surface area contributed by atoms with Gasteiger partial charge in [-0.25, -0.2) is 9.78 Å². The van der Waals surface area contributed by atoms with Gasteiger partial charge in [0.2, 0.25) is 0 Å². The molecule has 1 aromatic heterocycles. The first kappa shape index (κ1) is 20.1.